The number of nitrogens with one attached hydrogen (secondary N) is 1. The fourth-order valence-electron chi connectivity index (χ4n) is 3.51. The fourth-order valence-corrected chi connectivity index (χ4v) is 3.73. The van der Waals surface area contributed by atoms with Crippen LogP contribution in [0.5, 0.6) is 0 Å². The van der Waals surface area contributed by atoms with Crippen molar-refractivity contribution < 1.29 is 9.18 Å². The molecule has 1 aliphatic heterocycles. The Morgan fingerprint density at radius 3 is 2.95 bits per heavy atom. The van der Waals surface area contributed by atoms with E-state index in [0.717, 1.165) is 25.9 Å². The molecule has 3 rings (SSSR count). The lowest BCUT2D eigenvalue weighted by Gasteiger charge is -2.18. The average molecular weight is 312 g/mol. The van der Waals surface area contributed by atoms with Gasteiger partial charge in [-0.25, -0.2) is 4.39 Å². The van der Waals surface area contributed by atoms with Crippen LogP contribution in [0.15, 0.2) is 18.2 Å². The van der Waals surface area contributed by atoms with E-state index in [9.17, 15) is 9.18 Å². The molecule has 4 nitrogen and oxygen atoms in total. The van der Waals surface area contributed by atoms with E-state index in [1.165, 1.54) is 18.2 Å². The summed E-state index contributed by atoms with van der Waals surface area (Å²) in [5.74, 6) is 0.603. The summed E-state index contributed by atoms with van der Waals surface area (Å²) in [4.78, 5) is 14.2. The number of nitrogens with two attached hydrogens (primary N) is 1. The lowest BCUT2D eigenvalue weighted by atomic mass is 9.98. The molecule has 6 heteroatoms. The number of carbonyl (C=O) groups is 1. The molecule has 0 bridgehead atoms. The molecular formula is C15H19ClFN3O. The number of fused-ring (bicyclic) bond motifs is 1. The van der Waals surface area contributed by atoms with Crippen molar-refractivity contribution in [2.75, 3.05) is 25.0 Å². The molecule has 1 saturated carbocycles. The zero-order valence-electron chi connectivity index (χ0n) is 11.7. The van der Waals surface area contributed by atoms with Gasteiger partial charge < -0.3 is 11.1 Å². The molecule has 114 valence electrons. The number of hydrogen-bond donors (Lipinski definition) is 2. The van der Waals surface area contributed by atoms with Crippen molar-refractivity contribution >= 4 is 23.2 Å². The summed E-state index contributed by atoms with van der Waals surface area (Å²) in [6.07, 6.45) is 2.26. The fraction of sp³-hybridized carbons (Fsp3) is 0.533. The van der Waals surface area contributed by atoms with Gasteiger partial charge in [-0.15, -0.1) is 0 Å². The van der Waals surface area contributed by atoms with Crippen molar-refractivity contribution in [1.82, 2.24) is 4.90 Å². The predicted molar refractivity (Wildman–Crippen MR) is 80.7 cm³/mol. The topological polar surface area (TPSA) is 58.4 Å². The summed E-state index contributed by atoms with van der Waals surface area (Å²) >= 11 is 5.90. The second kappa shape index (κ2) is 5.91. The number of amides is 1. The third-order valence-corrected chi connectivity index (χ3v) is 4.87. The molecule has 1 heterocycles. The number of anilines is 1. The van der Waals surface area contributed by atoms with Crippen LogP contribution in [0.3, 0.4) is 0 Å². The molecule has 3 unspecified atom stereocenters. The van der Waals surface area contributed by atoms with E-state index >= 15 is 0 Å². The molecule has 1 amide bonds. The van der Waals surface area contributed by atoms with Gasteiger partial charge in [0.15, 0.2) is 0 Å². The minimum atomic E-state index is -0.417. The third kappa shape index (κ3) is 3.20. The number of nitrogens with zero attached hydrogens (tertiary/aromatic N) is 1. The number of benzene rings is 1. The maximum absolute atomic E-state index is 13.0. The first-order chi connectivity index (χ1) is 10.0. The standard InChI is InChI=1S/C15H19ClFN3O/c16-12-5-10(17)2-4-14(12)19-15(21)8-20-6-9-1-3-13(18)11(9)7-20/h2,4-5,9,11,13H,1,3,6-8,18H2,(H,19,21). The number of halogens is 2. The van der Waals surface area contributed by atoms with Gasteiger partial charge in [0, 0.05) is 19.1 Å². The van der Waals surface area contributed by atoms with Crippen LogP contribution in [0.2, 0.25) is 5.02 Å². The molecule has 3 N–H and O–H groups in total. The van der Waals surface area contributed by atoms with Crippen LogP contribution in [-0.2, 0) is 4.79 Å². The zero-order chi connectivity index (χ0) is 15.0. The summed E-state index contributed by atoms with van der Waals surface area (Å²) in [5.41, 5.74) is 6.53. The smallest absolute Gasteiger partial charge is 0.238 e. The monoisotopic (exact) mass is 311 g/mol. The molecule has 0 aromatic heterocycles. The molecule has 0 radical (unpaired) electrons. The number of hydrogen-bond acceptors (Lipinski definition) is 3. The van der Waals surface area contributed by atoms with E-state index in [1.807, 2.05) is 0 Å². The summed E-state index contributed by atoms with van der Waals surface area (Å²) < 4.78 is 13.0. The van der Waals surface area contributed by atoms with Gasteiger partial charge >= 0.3 is 0 Å². The molecule has 2 aliphatic rings. The highest BCUT2D eigenvalue weighted by Crippen LogP contribution is 2.36. The Hall–Kier alpha value is -1.17. The number of likely N-dealkylation sites (tertiary alicyclic amines) is 1. The molecular weight excluding hydrogens is 293 g/mol. The van der Waals surface area contributed by atoms with Gasteiger partial charge in [0.2, 0.25) is 5.91 Å². The van der Waals surface area contributed by atoms with E-state index in [1.54, 1.807) is 0 Å². The Kier molecular flexibility index (Phi) is 4.15. The van der Waals surface area contributed by atoms with Gasteiger partial charge in [0.05, 0.1) is 17.3 Å². The summed E-state index contributed by atoms with van der Waals surface area (Å²) in [7, 11) is 0. The highest BCUT2D eigenvalue weighted by Gasteiger charge is 2.41. The lowest BCUT2D eigenvalue weighted by Crippen LogP contribution is -2.34. The van der Waals surface area contributed by atoms with Gasteiger partial charge in [0.25, 0.3) is 0 Å². The van der Waals surface area contributed by atoms with Gasteiger partial charge in [-0.05, 0) is 42.9 Å². The second-order valence-electron chi connectivity index (χ2n) is 6.03. The Labute approximate surface area is 128 Å². The second-order valence-corrected chi connectivity index (χ2v) is 6.44. The highest BCUT2D eigenvalue weighted by molar-refractivity contribution is 6.33. The molecule has 1 aromatic rings. The van der Waals surface area contributed by atoms with Gasteiger partial charge in [-0.1, -0.05) is 11.6 Å². The van der Waals surface area contributed by atoms with E-state index in [0.29, 0.717) is 24.1 Å². The van der Waals surface area contributed by atoms with Crippen molar-refractivity contribution in [3.05, 3.63) is 29.0 Å². The first kappa shape index (κ1) is 14.8. The quantitative estimate of drug-likeness (QED) is 0.898. The average Bonchev–Trinajstić information content (AvgIpc) is 2.95. The SMILES string of the molecule is NC1CCC2CN(CC(=O)Nc3ccc(F)cc3Cl)CC12. The van der Waals surface area contributed by atoms with Crippen LogP contribution in [0.1, 0.15) is 12.8 Å². The summed E-state index contributed by atoms with van der Waals surface area (Å²) in [6.45, 7) is 2.15. The van der Waals surface area contributed by atoms with Crippen molar-refractivity contribution in [2.24, 2.45) is 17.6 Å². The van der Waals surface area contributed by atoms with Crippen molar-refractivity contribution in [1.29, 1.82) is 0 Å². The van der Waals surface area contributed by atoms with Crippen LogP contribution in [0.4, 0.5) is 10.1 Å². The van der Waals surface area contributed by atoms with Crippen LogP contribution in [-0.4, -0.2) is 36.5 Å². The first-order valence-corrected chi connectivity index (χ1v) is 7.63. The Morgan fingerprint density at radius 2 is 2.24 bits per heavy atom. The number of carbonyl (C=O) groups excluding carboxylic acids is 1. The van der Waals surface area contributed by atoms with Crippen LogP contribution in [0.25, 0.3) is 0 Å². The van der Waals surface area contributed by atoms with Gasteiger partial charge in [0.1, 0.15) is 5.82 Å². The van der Waals surface area contributed by atoms with E-state index in [-0.39, 0.29) is 17.0 Å². The molecule has 0 spiro atoms. The maximum atomic E-state index is 13.0. The minimum absolute atomic E-state index is 0.128. The van der Waals surface area contributed by atoms with Crippen molar-refractivity contribution in [3.63, 3.8) is 0 Å². The number of rotatable bonds is 3. The van der Waals surface area contributed by atoms with E-state index in [4.69, 9.17) is 17.3 Å². The third-order valence-electron chi connectivity index (χ3n) is 4.56. The maximum Gasteiger partial charge on any atom is 0.238 e. The largest absolute Gasteiger partial charge is 0.327 e. The minimum Gasteiger partial charge on any atom is -0.327 e. The normalized spacial score (nSPS) is 28.6. The van der Waals surface area contributed by atoms with Crippen LogP contribution in [0, 0.1) is 17.7 Å². The van der Waals surface area contributed by atoms with Crippen molar-refractivity contribution in [2.45, 2.75) is 18.9 Å². The molecule has 3 atom stereocenters. The molecule has 1 saturated heterocycles. The molecule has 1 aliphatic carbocycles. The van der Waals surface area contributed by atoms with Gasteiger partial charge in [-0.3, -0.25) is 9.69 Å². The Balaban J connectivity index is 1.55. The zero-order valence-corrected chi connectivity index (χ0v) is 12.4. The Morgan fingerprint density at radius 1 is 1.43 bits per heavy atom. The van der Waals surface area contributed by atoms with Crippen LogP contribution >= 0.6 is 11.6 Å². The Bertz CT molecular complexity index is 554. The molecule has 2 fully saturated rings. The highest BCUT2D eigenvalue weighted by atomic mass is 35.5. The predicted octanol–water partition coefficient (Wildman–Crippen LogP) is 2.09. The van der Waals surface area contributed by atoms with E-state index in [2.05, 4.69) is 10.2 Å². The molecule has 1 aromatic carbocycles. The van der Waals surface area contributed by atoms with E-state index < -0.39 is 5.82 Å². The lowest BCUT2D eigenvalue weighted by molar-refractivity contribution is -0.117. The van der Waals surface area contributed by atoms with Gasteiger partial charge in [-0.2, -0.15) is 0 Å². The van der Waals surface area contributed by atoms with Crippen molar-refractivity contribution in [3.8, 4) is 0 Å². The molecule has 21 heavy (non-hydrogen) atoms. The summed E-state index contributed by atoms with van der Waals surface area (Å²) in [5, 5.41) is 2.94. The van der Waals surface area contributed by atoms with Crippen LogP contribution < -0.4 is 11.1 Å². The summed E-state index contributed by atoms with van der Waals surface area (Å²) in [6, 6.07) is 4.22. The first-order valence-electron chi connectivity index (χ1n) is 7.26.